The zero-order valence-electron chi connectivity index (χ0n) is 10.1. The van der Waals surface area contributed by atoms with Gasteiger partial charge in [0.25, 0.3) is 0 Å². The van der Waals surface area contributed by atoms with Crippen LogP contribution in [-0.4, -0.2) is 75.8 Å². The minimum atomic E-state index is -1.98. The lowest BCUT2D eigenvalue weighted by atomic mass is 9.99. The first kappa shape index (κ1) is 16.8. The third kappa shape index (κ3) is 3.85. The van der Waals surface area contributed by atoms with Gasteiger partial charge in [-0.2, -0.15) is 0 Å². The summed E-state index contributed by atoms with van der Waals surface area (Å²) >= 11 is 0. The number of aliphatic hydroxyl groups is 4. The summed E-state index contributed by atoms with van der Waals surface area (Å²) in [4.78, 5) is 21.0. The van der Waals surface area contributed by atoms with Crippen LogP contribution in [-0.2, 0) is 19.1 Å². The van der Waals surface area contributed by atoms with Crippen LogP contribution in [0.1, 0.15) is 6.42 Å². The van der Waals surface area contributed by atoms with Gasteiger partial charge >= 0.3 is 0 Å². The Hall–Kier alpha value is -1.30. The van der Waals surface area contributed by atoms with Gasteiger partial charge in [0.15, 0.2) is 6.29 Å². The minimum Gasteiger partial charge on any atom is -0.550 e. The van der Waals surface area contributed by atoms with Crippen molar-refractivity contribution in [1.82, 2.24) is 0 Å². The second kappa shape index (κ2) is 6.92. The van der Waals surface area contributed by atoms with Crippen molar-refractivity contribution in [3.8, 4) is 0 Å². The summed E-state index contributed by atoms with van der Waals surface area (Å²) in [6.07, 6.45) is -11.3. The number of carbonyl (C=O) groups is 2. The monoisotopic (exact) mass is 294 g/mol. The highest BCUT2D eigenvalue weighted by Crippen LogP contribution is 2.23. The van der Waals surface area contributed by atoms with Gasteiger partial charge in [-0.1, -0.05) is 0 Å². The predicted octanol–water partition coefficient (Wildman–Crippen LogP) is -5.94. The van der Waals surface area contributed by atoms with Gasteiger partial charge < -0.3 is 49.7 Å². The summed E-state index contributed by atoms with van der Waals surface area (Å²) in [5, 5.41) is 58.4. The molecule has 4 N–H and O–H groups in total. The maximum Gasteiger partial charge on any atom is 0.187 e. The van der Waals surface area contributed by atoms with Crippen molar-refractivity contribution in [2.45, 2.75) is 43.2 Å². The van der Waals surface area contributed by atoms with E-state index in [1.54, 1.807) is 0 Å². The topological polar surface area (TPSA) is 180 Å². The molecule has 0 spiro atoms. The Morgan fingerprint density at radius 2 is 1.75 bits per heavy atom. The van der Waals surface area contributed by atoms with Gasteiger partial charge in [0.2, 0.25) is 0 Å². The van der Waals surface area contributed by atoms with E-state index in [9.17, 15) is 35.1 Å². The van der Waals surface area contributed by atoms with Crippen LogP contribution in [0.3, 0.4) is 0 Å². The number of carboxylic acids is 2. The molecule has 1 fully saturated rings. The van der Waals surface area contributed by atoms with Gasteiger partial charge in [0.1, 0.15) is 30.5 Å². The zero-order valence-corrected chi connectivity index (χ0v) is 10.1. The van der Waals surface area contributed by atoms with Crippen LogP contribution in [0.25, 0.3) is 0 Å². The molecule has 20 heavy (non-hydrogen) atoms. The molecule has 0 saturated carbocycles. The molecule has 0 aromatic carbocycles. The Labute approximate surface area is 112 Å². The Morgan fingerprint density at radius 3 is 2.20 bits per heavy atom. The standard InChI is InChI=1S/C10H16O10/c11-2-4-6(14)7(15)8(16)10(20-4)19-3(9(17)18)1-5(12)13/h3-4,6-8,10-11,14-16H,1-2H2,(H,12,13)(H,17,18)/p-2/t3-,4?,6-,7-,8?,10+/m0/s1. The third-order valence-corrected chi connectivity index (χ3v) is 2.76. The van der Waals surface area contributed by atoms with Gasteiger partial charge in [0, 0.05) is 12.4 Å². The van der Waals surface area contributed by atoms with Crippen LogP contribution < -0.4 is 10.2 Å². The number of carboxylic acid groups (broad SMARTS) is 2. The van der Waals surface area contributed by atoms with Crippen LogP contribution in [0, 0.1) is 0 Å². The van der Waals surface area contributed by atoms with Gasteiger partial charge in [-0.3, -0.25) is 0 Å². The van der Waals surface area contributed by atoms with Crippen molar-refractivity contribution in [3.63, 3.8) is 0 Å². The van der Waals surface area contributed by atoms with Gasteiger partial charge in [0.05, 0.1) is 12.6 Å². The van der Waals surface area contributed by atoms with E-state index in [1.807, 2.05) is 0 Å². The van der Waals surface area contributed by atoms with E-state index < -0.39 is 61.8 Å². The number of ether oxygens (including phenoxy) is 2. The minimum absolute atomic E-state index is 0.735. The largest absolute Gasteiger partial charge is 0.550 e. The molecule has 2 unspecified atom stereocenters. The summed E-state index contributed by atoms with van der Waals surface area (Å²) in [5.74, 6) is -3.62. The smallest absolute Gasteiger partial charge is 0.187 e. The molecule has 6 atom stereocenters. The van der Waals surface area contributed by atoms with E-state index in [-0.39, 0.29) is 0 Å². The maximum atomic E-state index is 10.7. The average Bonchev–Trinajstić information content (AvgIpc) is 2.37. The zero-order chi connectivity index (χ0) is 15.4. The van der Waals surface area contributed by atoms with Crippen molar-refractivity contribution >= 4 is 11.9 Å². The van der Waals surface area contributed by atoms with Crippen molar-refractivity contribution in [1.29, 1.82) is 0 Å². The SMILES string of the molecule is O=C([O-])C[C@H](O[C@@H]1OC(CO)[C@H](O)[C@H](O)C1O)C(=O)[O-]. The summed E-state index contributed by atoms with van der Waals surface area (Å²) in [5.41, 5.74) is 0. The molecular formula is C10H14O10-2. The van der Waals surface area contributed by atoms with Crippen LogP contribution in [0.5, 0.6) is 0 Å². The average molecular weight is 294 g/mol. The number of hydrogen-bond acceptors (Lipinski definition) is 10. The van der Waals surface area contributed by atoms with E-state index in [2.05, 4.69) is 4.74 Å². The van der Waals surface area contributed by atoms with Crippen molar-refractivity contribution < 1.29 is 49.7 Å². The number of rotatable bonds is 6. The highest BCUT2D eigenvalue weighted by Gasteiger charge is 2.44. The van der Waals surface area contributed by atoms with E-state index in [4.69, 9.17) is 9.84 Å². The van der Waals surface area contributed by atoms with E-state index in [1.165, 1.54) is 0 Å². The van der Waals surface area contributed by atoms with Crippen LogP contribution in [0.15, 0.2) is 0 Å². The lowest BCUT2D eigenvalue weighted by Crippen LogP contribution is -2.60. The predicted molar refractivity (Wildman–Crippen MR) is 53.3 cm³/mol. The van der Waals surface area contributed by atoms with E-state index in [0.29, 0.717) is 0 Å². The Morgan fingerprint density at radius 1 is 1.15 bits per heavy atom. The third-order valence-electron chi connectivity index (χ3n) is 2.76. The molecule has 1 heterocycles. The molecule has 0 radical (unpaired) electrons. The van der Waals surface area contributed by atoms with Crippen molar-refractivity contribution in [3.05, 3.63) is 0 Å². The van der Waals surface area contributed by atoms with Gasteiger partial charge in [-0.25, -0.2) is 0 Å². The molecule has 0 amide bonds. The summed E-state index contributed by atoms with van der Waals surface area (Å²) in [7, 11) is 0. The van der Waals surface area contributed by atoms with Crippen LogP contribution in [0.2, 0.25) is 0 Å². The van der Waals surface area contributed by atoms with Gasteiger partial charge in [-0.05, 0) is 0 Å². The molecule has 116 valence electrons. The Balaban J connectivity index is 2.77. The molecule has 1 aliphatic rings. The molecule has 0 aliphatic carbocycles. The lowest BCUT2D eigenvalue weighted by Gasteiger charge is -2.41. The van der Waals surface area contributed by atoms with Crippen LogP contribution in [0.4, 0.5) is 0 Å². The first-order valence-electron chi connectivity index (χ1n) is 5.64. The lowest BCUT2D eigenvalue weighted by molar-refractivity contribution is -0.348. The highest BCUT2D eigenvalue weighted by molar-refractivity contribution is 5.77. The number of hydrogen-bond donors (Lipinski definition) is 4. The fraction of sp³-hybridized carbons (Fsp3) is 0.800. The molecule has 0 aromatic rings. The Bertz CT molecular complexity index is 356. The number of aliphatic carboxylic acids is 2. The second-order valence-electron chi connectivity index (χ2n) is 4.22. The summed E-state index contributed by atoms with van der Waals surface area (Å²) < 4.78 is 9.55. The quantitative estimate of drug-likeness (QED) is 0.368. The summed E-state index contributed by atoms with van der Waals surface area (Å²) in [6, 6.07) is 0. The fourth-order valence-corrected chi connectivity index (χ4v) is 1.68. The molecule has 0 aromatic heterocycles. The first-order chi connectivity index (χ1) is 9.27. The fourth-order valence-electron chi connectivity index (χ4n) is 1.68. The van der Waals surface area contributed by atoms with E-state index >= 15 is 0 Å². The highest BCUT2D eigenvalue weighted by atomic mass is 16.7. The molecule has 10 heteroatoms. The summed E-state index contributed by atoms with van der Waals surface area (Å²) in [6.45, 7) is -0.735. The Kier molecular flexibility index (Phi) is 5.80. The normalized spacial score (nSPS) is 35.5. The molecule has 0 bridgehead atoms. The molecule has 1 rings (SSSR count). The van der Waals surface area contributed by atoms with Crippen molar-refractivity contribution in [2.75, 3.05) is 6.61 Å². The van der Waals surface area contributed by atoms with Crippen molar-refractivity contribution in [2.24, 2.45) is 0 Å². The molecule has 10 nitrogen and oxygen atoms in total. The number of aliphatic hydroxyl groups excluding tert-OH is 4. The van der Waals surface area contributed by atoms with E-state index in [0.717, 1.165) is 0 Å². The molecule has 1 aliphatic heterocycles. The van der Waals surface area contributed by atoms with Crippen LogP contribution >= 0.6 is 0 Å². The second-order valence-corrected chi connectivity index (χ2v) is 4.22. The maximum absolute atomic E-state index is 10.7. The van der Waals surface area contributed by atoms with Gasteiger partial charge in [-0.15, -0.1) is 0 Å². The first-order valence-corrected chi connectivity index (χ1v) is 5.64. The number of carbonyl (C=O) groups excluding carboxylic acids is 2. The molecule has 1 saturated heterocycles. The molecular weight excluding hydrogens is 280 g/mol.